The number of hydrogen-bond donors (Lipinski definition) is 1. The number of carbonyl (C=O) groups excluding carboxylic acids is 1. The first-order valence-electron chi connectivity index (χ1n) is 9.52. The monoisotopic (exact) mass is 538 g/mol. The number of hydrogen-bond acceptors (Lipinski definition) is 8. The highest BCUT2D eigenvalue weighted by Crippen LogP contribution is 2.33. The van der Waals surface area contributed by atoms with E-state index in [2.05, 4.69) is 9.39 Å². The lowest BCUT2D eigenvalue weighted by Crippen LogP contribution is -2.45. The summed E-state index contributed by atoms with van der Waals surface area (Å²) in [7, 11) is -2.26. The summed E-state index contributed by atoms with van der Waals surface area (Å²) in [5, 5.41) is 9.09. The minimum absolute atomic E-state index is 0.0229. The number of amidine groups is 3. The van der Waals surface area contributed by atoms with Crippen LogP contribution in [-0.4, -0.2) is 48.8 Å². The third-order valence-corrected chi connectivity index (χ3v) is 7.06. The molecule has 0 atom stereocenters. The molecule has 0 aromatic heterocycles. The number of nitrogens with one attached hydrogen (secondary N) is 1. The maximum Gasteiger partial charge on any atom is 0.283 e. The van der Waals surface area contributed by atoms with E-state index in [9.17, 15) is 13.2 Å². The molecule has 2 heterocycles. The number of aliphatic imine (C=N–C) groups is 1. The third kappa shape index (κ3) is 4.83. The molecule has 0 fully saturated rings. The molecule has 13 heteroatoms. The maximum atomic E-state index is 12.5. The number of methoxy groups -OCH3 is 1. The average Bonchev–Trinajstić information content (AvgIpc) is 3.21. The molecule has 2 aromatic rings. The predicted octanol–water partition coefficient (Wildman–Crippen LogP) is 4.20. The molecule has 0 saturated heterocycles. The van der Waals surface area contributed by atoms with E-state index in [-0.39, 0.29) is 28.4 Å². The van der Waals surface area contributed by atoms with Crippen molar-refractivity contribution in [2.45, 2.75) is 6.61 Å². The van der Waals surface area contributed by atoms with Crippen LogP contribution in [0.25, 0.3) is 6.08 Å². The second-order valence-electron chi connectivity index (χ2n) is 7.11. The van der Waals surface area contributed by atoms with Crippen molar-refractivity contribution < 1.29 is 22.7 Å². The van der Waals surface area contributed by atoms with Gasteiger partial charge in [-0.1, -0.05) is 35.3 Å². The Bertz CT molecular complexity index is 1420. The van der Waals surface area contributed by atoms with E-state index in [0.717, 1.165) is 28.7 Å². The molecule has 0 unspecified atom stereocenters. The van der Waals surface area contributed by atoms with Gasteiger partial charge in [-0.25, -0.2) is 13.3 Å². The molecule has 0 radical (unpaired) electrons. The Balaban J connectivity index is 1.60. The maximum absolute atomic E-state index is 12.5. The summed E-state index contributed by atoms with van der Waals surface area (Å²) in [5.74, 6) is -0.191. The van der Waals surface area contributed by atoms with Crippen LogP contribution in [0.4, 0.5) is 0 Å². The summed E-state index contributed by atoms with van der Waals surface area (Å²) in [4.78, 5) is 17.4. The van der Waals surface area contributed by atoms with Crippen LogP contribution in [0.2, 0.25) is 10.0 Å². The molecule has 2 aromatic carbocycles. The fraction of sp³-hybridized carbons (Fsp3) is 0.143. The van der Waals surface area contributed by atoms with E-state index in [0.29, 0.717) is 27.1 Å². The van der Waals surface area contributed by atoms with Gasteiger partial charge in [0.2, 0.25) is 20.2 Å². The van der Waals surface area contributed by atoms with Crippen molar-refractivity contribution in [3.05, 3.63) is 63.1 Å². The molecule has 0 spiro atoms. The number of amides is 1. The molecule has 34 heavy (non-hydrogen) atoms. The summed E-state index contributed by atoms with van der Waals surface area (Å²) < 4.78 is 39.1. The fourth-order valence-electron chi connectivity index (χ4n) is 3.09. The van der Waals surface area contributed by atoms with Crippen molar-refractivity contribution in [2.24, 2.45) is 9.39 Å². The van der Waals surface area contributed by atoms with Gasteiger partial charge in [-0.3, -0.25) is 10.2 Å². The molecule has 2 aliphatic heterocycles. The van der Waals surface area contributed by atoms with Gasteiger partial charge < -0.3 is 9.47 Å². The van der Waals surface area contributed by atoms with Gasteiger partial charge in [0, 0.05) is 21.9 Å². The Morgan fingerprint density at radius 2 is 1.94 bits per heavy atom. The molecule has 176 valence electrons. The molecule has 0 aliphatic carbocycles. The number of nitrogens with zero attached hydrogens (tertiary/aromatic N) is 3. The molecular weight excluding hydrogens is 523 g/mol. The Kier molecular flexibility index (Phi) is 6.72. The van der Waals surface area contributed by atoms with Crippen molar-refractivity contribution in [3.8, 4) is 11.5 Å². The van der Waals surface area contributed by atoms with Crippen molar-refractivity contribution in [1.82, 2.24) is 4.90 Å². The second-order valence-corrected chi connectivity index (χ2v) is 10.6. The Labute approximate surface area is 209 Å². The number of ether oxygens (including phenoxy) is 2. The quantitative estimate of drug-likeness (QED) is 0.447. The molecule has 2 aliphatic rings. The van der Waals surface area contributed by atoms with E-state index < -0.39 is 15.7 Å². The first-order chi connectivity index (χ1) is 16.1. The Morgan fingerprint density at radius 1 is 1.18 bits per heavy atom. The molecule has 0 bridgehead atoms. The van der Waals surface area contributed by atoms with Crippen molar-refractivity contribution in [2.75, 3.05) is 13.4 Å². The van der Waals surface area contributed by atoms with Gasteiger partial charge in [-0.2, -0.15) is 9.39 Å². The Hall–Kier alpha value is -2.86. The van der Waals surface area contributed by atoms with Crippen LogP contribution in [-0.2, 0) is 21.2 Å². The number of fused-ring (bicyclic) bond motifs is 1. The van der Waals surface area contributed by atoms with Crippen LogP contribution >= 0.6 is 35.1 Å². The van der Waals surface area contributed by atoms with E-state index in [1.54, 1.807) is 36.4 Å². The summed E-state index contributed by atoms with van der Waals surface area (Å²) in [6, 6.07) is 10.0. The lowest BCUT2D eigenvalue weighted by molar-refractivity contribution is -0.114. The van der Waals surface area contributed by atoms with Gasteiger partial charge in [-0.05, 0) is 35.9 Å². The van der Waals surface area contributed by atoms with E-state index >= 15 is 0 Å². The summed E-state index contributed by atoms with van der Waals surface area (Å²) in [6.45, 7) is 0.174. The van der Waals surface area contributed by atoms with Crippen molar-refractivity contribution in [1.29, 1.82) is 5.41 Å². The van der Waals surface area contributed by atoms with E-state index in [1.165, 1.54) is 13.2 Å². The number of benzene rings is 2. The van der Waals surface area contributed by atoms with Gasteiger partial charge in [0.1, 0.15) is 12.4 Å². The van der Waals surface area contributed by atoms with Gasteiger partial charge in [-0.15, -0.1) is 0 Å². The lowest BCUT2D eigenvalue weighted by Gasteiger charge is -2.23. The zero-order valence-corrected chi connectivity index (χ0v) is 20.8. The smallest absolute Gasteiger partial charge is 0.283 e. The molecular formula is C21H16Cl2N4O5S2. The number of sulfone groups is 1. The highest BCUT2D eigenvalue weighted by atomic mass is 35.5. The minimum atomic E-state index is -3.73. The lowest BCUT2D eigenvalue weighted by atomic mass is 10.1. The standard InChI is InChI=1S/C21H16Cl2N4O5S2/c1-31-17-8-11(3-6-16(17)32-10-12-4-5-13(22)9-15(12)23)7-14-18(24)27-20(25-19(14)28)33-26-21(27)34(2,29)30/h3-9,24H,10H2,1-2H3/b14-7-,24-18?. The molecule has 4 rings (SSSR count). The van der Waals surface area contributed by atoms with Gasteiger partial charge in [0.25, 0.3) is 5.91 Å². The highest BCUT2D eigenvalue weighted by molar-refractivity contribution is 8.16. The van der Waals surface area contributed by atoms with Crippen LogP contribution in [0.1, 0.15) is 11.1 Å². The van der Waals surface area contributed by atoms with Crippen molar-refractivity contribution >= 4 is 73.1 Å². The number of halogens is 2. The summed E-state index contributed by atoms with van der Waals surface area (Å²) in [6.07, 6.45) is 2.40. The van der Waals surface area contributed by atoms with Crippen LogP contribution in [0.15, 0.2) is 51.4 Å². The SMILES string of the molecule is COc1cc(/C=C2/C(=N)N3C(=NC2=O)SN=C3S(C)(=O)=O)ccc1OCc1ccc(Cl)cc1Cl. The molecule has 9 nitrogen and oxygen atoms in total. The molecule has 1 N–H and O–H groups in total. The van der Waals surface area contributed by atoms with Gasteiger partial charge in [0.05, 0.1) is 24.6 Å². The first-order valence-corrected chi connectivity index (χ1v) is 12.9. The average molecular weight is 539 g/mol. The predicted molar refractivity (Wildman–Crippen MR) is 134 cm³/mol. The van der Waals surface area contributed by atoms with E-state index in [1.807, 2.05) is 0 Å². The highest BCUT2D eigenvalue weighted by Gasteiger charge is 2.41. The topological polar surface area (TPSA) is 121 Å². The number of rotatable bonds is 5. The van der Waals surface area contributed by atoms with Crippen LogP contribution in [0, 0.1) is 5.41 Å². The second kappa shape index (κ2) is 9.41. The third-order valence-electron chi connectivity index (χ3n) is 4.72. The van der Waals surface area contributed by atoms with Gasteiger partial charge in [0.15, 0.2) is 11.5 Å². The van der Waals surface area contributed by atoms with Gasteiger partial charge >= 0.3 is 0 Å². The zero-order chi connectivity index (χ0) is 24.6. The van der Waals surface area contributed by atoms with Crippen LogP contribution in [0.5, 0.6) is 11.5 Å². The summed E-state index contributed by atoms with van der Waals surface area (Å²) in [5.41, 5.74) is 1.16. The Morgan fingerprint density at radius 3 is 2.62 bits per heavy atom. The van der Waals surface area contributed by atoms with Crippen molar-refractivity contribution in [3.63, 3.8) is 0 Å². The van der Waals surface area contributed by atoms with E-state index in [4.69, 9.17) is 38.1 Å². The van der Waals surface area contributed by atoms with Crippen LogP contribution in [0.3, 0.4) is 0 Å². The number of carbonyl (C=O) groups is 1. The fourth-order valence-corrected chi connectivity index (χ4v) is 5.40. The summed E-state index contributed by atoms with van der Waals surface area (Å²) >= 11 is 12.8. The largest absolute Gasteiger partial charge is 0.493 e. The molecule has 1 amide bonds. The molecule has 0 saturated carbocycles. The zero-order valence-electron chi connectivity index (χ0n) is 17.7. The normalized spacial score (nSPS) is 16.9. The van der Waals surface area contributed by atoms with Crippen LogP contribution < -0.4 is 9.47 Å². The first kappa shape index (κ1) is 24.3. The minimum Gasteiger partial charge on any atom is -0.493 e.